The standard InChI is InChI=1S/C26H24N2O5/c1-16-10-11-21(33-3)20(13-16)24(29)22-23(17-7-6-9-19(14-17)32-2)28(26(31)25(22)30)15-18-8-4-5-12-27-18/h4-14,23,29H,15H2,1-3H3/b24-22+. The largest absolute Gasteiger partial charge is 0.507 e. The number of hydrogen-bond donors (Lipinski definition) is 1. The molecule has 1 N–H and O–H groups in total. The number of ketones is 1. The van der Waals surface area contributed by atoms with Gasteiger partial charge in [0.1, 0.15) is 17.3 Å². The van der Waals surface area contributed by atoms with Crippen LogP contribution in [0.25, 0.3) is 5.76 Å². The van der Waals surface area contributed by atoms with E-state index in [1.165, 1.54) is 12.0 Å². The predicted molar refractivity (Wildman–Crippen MR) is 123 cm³/mol. The summed E-state index contributed by atoms with van der Waals surface area (Å²) in [7, 11) is 3.03. The first kappa shape index (κ1) is 22.1. The first-order chi connectivity index (χ1) is 15.9. The molecule has 1 aliphatic heterocycles. The molecule has 2 heterocycles. The molecule has 2 aromatic carbocycles. The highest BCUT2D eigenvalue weighted by Gasteiger charge is 2.46. The highest BCUT2D eigenvalue weighted by Crippen LogP contribution is 2.42. The minimum absolute atomic E-state index is 0.00640. The summed E-state index contributed by atoms with van der Waals surface area (Å²) in [5.74, 6) is -0.783. The maximum Gasteiger partial charge on any atom is 0.296 e. The van der Waals surface area contributed by atoms with Crippen molar-refractivity contribution in [2.75, 3.05) is 14.2 Å². The summed E-state index contributed by atoms with van der Waals surface area (Å²) in [5, 5.41) is 11.3. The van der Waals surface area contributed by atoms with E-state index in [9.17, 15) is 14.7 Å². The third kappa shape index (κ3) is 4.17. The molecule has 1 saturated heterocycles. The molecule has 0 radical (unpaired) electrons. The number of ether oxygens (including phenoxy) is 2. The molecule has 0 bridgehead atoms. The Kier molecular flexibility index (Phi) is 6.13. The number of benzene rings is 2. The van der Waals surface area contributed by atoms with Crippen LogP contribution in [-0.2, 0) is 16.1 Å². The summed E-state index contributed by atoms with van der Waals surface area (Å²) in [6.45, 7) is 1.98. The van der Waals surface area contributed by atoms with Gasteiger partial charge in [0, 0.05) is 6.20 Å². The Morgan fingerprint density at radius 1 is 1.03 bits per heavy atom. The maximum absolute atomic E-state index is 13.2. The van der Waals surface area contributed by atoms with Crippen LogP contribution in [0.4, 0.5) is 0 Å². The van der Waals surface area contributed by atoms with Gasteiger partial charge in [-0.3, -0.25) is 14.6 Å². The molecule has 3 aromatic rings. The SMILES string of the molecule is COc1cccc(C2/C(=C(\O)c3cc(C)ccc3OC)C(=O)C(=O)N2Cc2ccccn2)c1. The van der Waals surface area contributed by atoms with E-state index in [1.807, 2.05) is 19.1 Å². The molecular formula is C26H24N2O5. The number of nitrogens with zero attached hydrogens (tertiary/aromatic N) is 2. The predicted octanol–water partition coefficient (Wildman–Crippen LogP) is 4.03. The number of aliphatic hydroxyl groups is 1. The number of likely N-dealkylation sites (tertiary alicyclic amines) is 1. The van der Waals surface area contributed by atoms with Gasteiger partial charge in [0.25, 0.3) is 11.7 Å². The van der Waals surface area contributed by atoms with Crippen LogP contribution in [0.3, 0.4) is 0 Å². The van der Waals surface area contributed by atoms with Crippen LogP contribution in [0.15, 0.2) is 72.4 Å². The Labute approximate surface area is 191 Å². The molecule has 0 saturated carbocycles. The average Bonchev–Trinajstić information content (AvgIpc) is 3.09. The molecule has 1 atom stereocenters. The molecule has 7 heteroatoms. The normalized spacial score (nSPS) is 17.3. The summed E-state index contributed by atoms with van der Waals surface area (Å²) in [5.41, 5.74) is 2.48. The summed E-state index contributed by atoms with van der Waals surface area (Å²) in [6, 6.07) is 16.9. The van der Waals surface area contributed by atoms with Crippen molar-refractivity contribution >= 4 is 17.4 Å². The number of Topliss-reactive ketones (excluding diaryl/α,β-unsaturated/α-hetero) is 1. The second kappa shape index (κ2) is 9.16. The number of aryl methyl sites for hydroxylation is 1. The molecule has 4 rings (SSSR count). The van der Waals surface area contributed by atoms with Gasteiger partial charge in [-0.15, -0.1) is 0 Å². The third-order valence-electron chi connectivity index (χ3n) is 5.62. The van der Waals surface area contributed by atoms with Gasteiger partial charge in [-0.2, -0.15) is 0 Å². The maximum atomic E-state index is 13.2. The fourth-order valence-electron chi connectivity index (χ4n) is 4.02. The van der Waals surface area contributed by atoms with Crippen molar-refractivity contribution in [3.63, 3.8) is 0 Å². The Morgan fingerprint density at radius 3 is 2.55 bits per heavy atom. The van der Waals surface area contributed by atoms with E-state index in [2.05, 4.69) is 4.98 Å². The third-order valence-corrected chi connectivity index (χ3v) is 5.62. The van der Waals surface area contributed by atoms with Crippen molar-refractivity contribution in [1.29, 1.82) is 0 Å². The lowest BCUT2D eigenvalue weighted by molar-refractivity contribution is -0.140. The highest BCUT2D eigenvalue weighted by molar-refractivity contribution is 6.46. The van der Waals surface area contributed by atoms with Crippen LogP contribution < -0.4 is 9.47 Å². The molecule has 7 nitrogen and oxygen atoms in total. The number of amides is 1. The average molecular weight is 444 g/mol. The van der Waals surface area contributed by atoms with Gasteiger partial charge in [0.15, 0.2) is 0 Å². The molecule has 0 aliphatic carbocycles. The first-order valence-corrected chi connectivity index (χ1v) is 10.4. The van der Waals surface area contributed by atoms with Crippen molar-refractivity contribution in [2.24, 2.45) is 0 Å². The molecule has 1 aromatic heterocycles. The Bertz CT molecular complexity index is 1240. The van der Waals surface area contributed by atoms with Crippen molar-refractivity contribution in [3.8, 4) is 11.5 Å². The van der Waals surface area contributed by atoms with Gasteiger partial charge < -0.3 is 19.5 Å². The number of carbonyl (C=O) groups excluding carboxylic acids is 2. The molecular weight excluding hydrogens is 420 g/mol. The highest BCUT2D eigenvalue weighted by atomic mass is 16.5. The second-order valence-corrected chi connectivity index (χ2v) is 7.73. The zero-order valence-electron chi connectivity index (χ0n) is 18.6. The van der Waals surface area contributed by atoms with Crippen molar-refractivity contribution in [2.45, 2.75) is 19.5 Å². The van der Waals surface area contributed by atoms with E-state index in [1.54, 1.807) is 61.8 Å². The van der Waals surface area contributed by atoms with Crippen LogP contribution in [0.1, 0.15) is 28.4 Å². The van der Waals surface area contributed by atoms with Crippen LogP contribution in [-0.4, -0.2) is 40.9 Å². The van der Waals surface area contributed by atoms with Crippen molar-refractivity contribution in [3.05, 3.63) is 94.8 Å². The molecule has 33 heavy (non-hydrogen) atoms. The lowest BCUT2D eigenvalue weighted by Crippen LogP contribution is -2.29. The van der Waals surface area contributed by atoms with Gasteiger partial charge >= 0.3 is 0 Å². The summed E-state index contributed by atoms with van der Waals surface area (Å²) in [4.78, 5) is 32.1. The van der Waals surface area contributed by atoms with E-state index >= 15 is 0 Å². The van der Waals surface area contributed by atoms with E-state index in [-0.39, 0.29) is 17.9 Å². The minimum Gasteiger partial charge on any atom is -0.507 e. The number of aromatic nitrogens is 1. The fraction of sp³-hybridized carbons (Fsp3) is 0.192. The molecule has 1 aliphatic rings. The van der Waals surface area contributed by atoms with E-state index in [4.69, 9.17) is 9.47 Å². The quantitative estimate of drug-likeness (QED) is 0.351. The van der Waals surface area contributed by atoms with E-state index in [0.717, 1.165) is 5.56 Å². The van der Waals surface area contributed by atoms with Crippen LogP contribution >= 0.6 is 0 Å². The molecule has 168 valence electrons. The van der Waals surface area contributed by atoms with Gasteiger partial charge in [0.05, 0.1) is 43.6 Å². The minimum atomic E-state index is -0.827. The Balaban J connectivity index is 1.92. The lowest BCUT2D eigenvalue weighted by Gasteiger charge is -2.25. The number of pyridine rings is 1. The van der Waals surface area contributed by atoms with Crippen LogP contribution in [0, 0.1) is 6.92 Å². The van der Waals surface area contributed by atoms with Crippen molar-refractivity contribution < 1.29 is 24.2 Å². The summed E-state index contributed by atoms with van der Waals surface area (Å²) in [6.07, 6.45) is 1.63. The smallest absolute Gasteiger partial charge is 0.296 e. The topological polar surface area (TPSA) is 89.0 Å². The zero-order chi connectivity index (χ0) is 23.5. The summed E-state index contributed by atoms with van der Waals surface area (Å²) < 4.78 is 10.8. The lowest BCUT2D eigenvalue weighted by atomic mass is 9.94. The fourth-order valence-corrected chi connectivity index (χ4v) is 4.02. The molecule has 1 fully saturated rings. The zero-order valence-corrected chi connectivity index (χ0v) is 18.6. The molecule has 0 spiro atoms. The first-order valence-electron chi connectivity index (χ1n) is 10.4. The number of rotatable bonds is 6. The van der Waals surface area contributed by atoms with E-state index < -0.39 is 17.7 Å². The molecule has 1 unspecified atom stereocenters. The monoisotopic (exact) mass is 444 g/mol. The Morgan fingerprint density at radius 2 is 1.85 bits per heavy atom. The van der Waals surface area contributed by atoms with Gasteiger partial charge in [0.2, 0.25) is 0 Å². The van der Waals surface area contributed by atoms with Gasteiger partial charge in [-0.25, -0.2) is 0 Å². The number of aliphatic hydroxyl groups excluding tert-OH is 1. The number of carbonyl (C=O) groups is 2. The van der Waals surface area contributed by atoms with Gasteiger partial charge in [-0.05, 0) is 48.9 Å². The number of hydrogen-bond acceptors (Lipinski definition) is 6. The Hall–Kier alpha value is -4.13. The number of methoxy groups -OCH3 is 2. The van der Waals surface area contributed by atoms with Crippen LogP contribution in [0.2, 0.25) is 0 Å². The van der Waals surface area contributed by atoms with Crippen molar-refractivity contribution in [1.82, 2.24) is 9.88 Å². The second-order valence-electron chi connectivity index (χ2n) is 7.73. The van der Waals surface area contributed by atoms with E-state index in [0.29, 0.717) is 28.3 Å². The summed E-state index contributed by atoms with van der Waals surface area (Å²) >= 11 is 0. The van der Waals surface area contributed by atoms with Gasteiger partial charge in [-0.1, -0.05) is 29.8 Å². The van der Waals surface area contributed by atoms with Crippen LogP contribution in [0.5, 0.6) is 11.5 Å². The molecule has 1 amide bonds.